The van der Waals surface area contributed by atoms with Crippen LogP contribution in [0.2, 0.25) is 0 Å². The third-order valence-electron chi connectivity index (χ3n) is 3.19. The lowest BCUT2D eigenvalue weighted by Gasteiger charge is -2.27. The first-order valence-electron chi connectivity index (χ1n) is 5.87. The van der Waals surface area contributed by atoms with E-state index in [0.717, 1.165) is 30.0 Å². The Hall–Kier alpha value is -1.26. The van der Waals surface area contributed by atoms with Gasteiger partial charge in [-0.25, -0.2) is 0 Å². The average molecular weight is 275 g/mol. The lowest BCUT2D eigenvalue weighted by Crippen LogP contribution is -2.35. The smallest absolute Gasteiger partial charge is 0.254 e. The number of nitrogens with zero attached hydrogens (tertiary/aromatic N) is 1. The molecule has 3 rings (SSSR count). The van der Waals surface area contributed by atoms with E-state index in [2.05, 4.69) is 24.1 Å². The number of thiol groups is 1. The molecule has 0 bridgehead atoms. The summed E-state index contributed by atoms with van der Waals surface area (Å²) in [6.07, 6.45) is 0.972. The van der Waals surface area contributed by atoms with Gasteiger partial charge in [0, 0.05) is 28.4 Å². The van der Waals surface area contributed by atoms with Gasteiger partial charge in [-0.15, -0.1) is 24.0 Å². The van der Waals surface area contributed by atoms with E-state index in [4.69, 9.17) is 0 Å². The minimum atomic E-state index is 0.0998. The standard InChI is InChI=1S/C14H13NOS2/c16-14(10-2-1-3-12(17)8-10)15-6-4-13-11(9-15)5-7-18-13/h1-3,5,7-8,17H,4,6,9H2. The molecule has 0 fully saturated rings. The first-order valence-corrected chi connectivity index (χ1v) is 7.20. The summed E-state index contributed by atoms with van der Waals surface area (Å²) in [6.45, 7) is 1.54. The highest BCUT2D eigenvalue weighted by molar-refractivity contribution is 7.80. The van der Waals surface area contributed by atoms with Gasteiger partial charge < -0.3 is 4.90 Å². The predicted molar refractivity (Wildman–Crippen MR) is 76.5 cm³/mol. The van der Waals surface area contributed by atoms with E-state index in [1.54, 1.807) is 11.3 Å². The number of thiophene rings is 1. The van der Waals surface area contributed by atoms with Crippen molar-refractivity contribution in [2.24, 2.45) is 0 Å². The highest BCUT2D eigenvalue weighted by Crippen LogP contribution is 2.25. The monoisotopic (exact) mass is 275 g/mol. The quantitative estimate of drug-likeness (QED) is 0.792. The Morgan fingerprint density at radius 3 is 3.06 bits per heavy atom. The van der Waals surface area contributed by atoms with Crippen molar-refractivity contribution in [2.75, 3.05) is 6.54 Å². The van der Waals surface area contributed by atoms with E-state index in [9.17, 15) is 4.79 Å². The highest BCUT2D eigenvalue weighted by Gasteiger charge is 2.22. The SMILES string of the molecule is O=C(c1cccc(S)c1)N1CCc2sccc2C1. The molecular formula is C14H13NOS2. The third-order valence-corrected chi connectivity index (χ3v) is 4.49. The van der Waals surface area contributed by atoms with E-state index < -0.39 is 0 Å². The van der Waals surface area contributed by atoms with Crippen molar-refractivity contribution < 1.29 is 4.79 Å². The van der Waals surface area contributed by atoms with Crippen LogP contribution in [0.5, 0.6) is 0 Å². The van der Waals surface area contributed by atoms with Crippen LogP contribution in [0.25, 0.3) is 0 Å². The summed E-state index contributed by atoms with van der Waals surface area (Å²) in [4.78, 5) is 16.5. The van der Waals surface area contributed by atoms with E-state index in [1.807, 2.05) is 29.2 Å². The molecule has 18 heavy (non-hydrogen) atoms. The second-order valence-electron chi connectivity index (χ2n) is 4.40. The van der Waals surface area contributed by atoms with Crippen molar-refractivity contribution in [1.82, 2.24) is 4.90 Å². The molecule has 1 aromatic carbocycles. The number of carbonyl (C=O) groups excluding carboxylic acids is 1. The first-order chi connectivity index (χ1) is 8.74. The van der Waals surface area contributed by atoms with E-state index in [1.165, 1.54) is 10.4 Å². The zero-order valence-electron chi connectivity index (χ0n) is 9.80. The second kappa shape index (κ2) is 4.78. The molecule has 0 N–H and O–H groups in total. The van der Waals surface area contributed by atoms with Gasteiger partial charge in [0.1, 0.15) is 0 Å². The maximum atomic E-state index is 12.4. The molecule has 2 nitrogen and oxygen atoms in total. The molecule has 1 aromatic heterocycles. The van der Waals surface area contributed by atoms with Crippen molar-refractivity contribution in [3.63, 3.8) is 0 Å². The maximum absolute atomic E-state index is 12.4. The molecule has 0 spiro atoms. The second-order valence-corrected chi connectivity index (χ2v) is 5.91. The molecule has 1 amide bonds. The van der Waals surface area contributed by atoms with Crippen LogP contribution >= 0.6 is 24.0 Å². The molecule has 2 heterocycles. The van der Waals surface area contributed by atoms with Gasteiger partial charge in [0.05, 0.1) is 0 Å². The Morgan fingerprint density at radius 2 is 2.22 bits per heavy atom. The van der Waals surface area contributed by atoms with Gasteiger partial charge in [-0.3, -0.25) is 4.79 Å². The van der Waals surface area contributed by atoms with E-state index in [-0.39, 0.29) is 5.91 Å². The summed E-state index contributed by atoms with van der Waals surface area (Å²) in [7, 11) is 0. The number of amides is 1. The molecule has 0 saturated heterocycles. The van der Waals surface area contributed by atoms with Gasteiger partial charge in [0.25, 0.3) is 5.91 Å². The van der Waals surface area contributed by atoms with Crippen LogP contribution < -0.4 is 0 Å². The van der Waals surface area contributed by atoms with Gasteiger partial charge in [-0.05, 0) is 41.6 Å². The van der Waals surface area contributed by atoms with E-state index >= 15 is 0 Å². The Balaban J connectivity index is 1.83. The number of fused-ring (bicyclic) bond motifs is 1. The lowest BCUT2D eigenvalue weighted by molar-refractivity contribution is 0.0735. The molecule has 0 aliphatic carbocycles. The van der Waals surface area contributed by atoms with Crippen LogP contribution in [0.4, 0.5) is 0 Å². The van der Waals surface area contributed by atoms with Gasteiger partial charge in [-0.1, -0.05) is 6.07 Å². The maximum Gasteiger partial charge on any atom is 0.254 e. The fourth-order valence-electron chi connectivity index (χ4n) is 2.24. The summed E-state index contributed by atoms with van der Waals surface area (Å²) < 4.78 is 0. The molecule has 1 aliphatic rings. The van der Waals surface area contributed by atoms with Gasteiger partial charge in [0.15, 0.2) is 0 Å². The Bertz CT molecular complexity index is 591. The minimum absolute atomic E-state index is 0.0998. The van der Waals surface area contributed by atoms with Crippen LogP contribution in [0.1, 0.15) is 20.8 Å². The fraction of sp³-hybridized carbons (Fsp3) is 0.214. The normalized spacial score (nSPS) is 14.4. The topological polar surface area (TPSA) is 20.3 Å². The van der Waals surface area contributed by atoms with Crippen LogP contribution in [-0.4, -0.2) is 17.4 Å². The summed E-state index contributed by atoms with van der Waals surface area (Å²) in [5.74, 6) is 0.0998. The Labute approximate surface area is 116 Å². The average Bonchev–Trinajstić information content (AvgIpc) is 2.85. The summed E-state index contributed by atoms with van der Waals surface area (Å²) >= 11 is 6.07. The Morgan fingerprint density at radius 1 is 1.33 bits per heavy atom. The number of benzene rings is 1. The van der Waals surface area contributed by atoms with Crippen molar-refractivity contribution in [3.8, 4) is 0 Å². The molecule has 2 aromatic rings. The Kier molecular flexibility index (Phi) is 3.14. The molecule has 0 unspecified atom stereocenters. The molecule has 0 radical (unpaired) electrons. The fourth-order valence-corrected chi connectivity index (χ4v) is 3.36. The molecule has 92 valence electrons. The summed E-state index contributed by atoms with van der Waals surface area (Å²) in [5, 5.41) is 2.10. The van der Waals surface area contributed by atoms with Gasteiger partial charge in [-0.2, -0.15) is 0 Å². The zero-order chi connectivity index (χ0) is 12.5. The number of hydrogen-bond donors (Lipinski definition) is 1. The van der Waals surface area contributed by atoms with Crippen molar-refractivity contribution in [1.29, 1.82) is 0 Å². The lowest BCUT2D eigenvalue weighted by atomic mass is 10.1. The van der Waals surface area contributed by atoms with Crippen LogP contribution in [-0.2, 0) is 13.0 Å². The van der Waals surface area contributed by atoms with Crippen LogP contribution in [0, 0.1) is 0 Å². The van der Waals surface area contributed by atoms with Crippen molar-refractivity contribution in [2.45, 2.75) is 17.9 Å². The van der Waals surface area contributed by atoms with Gasteiger partial charge in [0.2, 0.25) is 0 Å². The zero-order valence-corrected chi connectivity index (χ0v) is 11.5. The predicted octanol–water partition coefficient (Wildman–Crippen LogP) is 3.24. The highest BCUT2D eigenvalue weighted by atomic mass is 32.1. The number of hydrogen-bond acceptors (Lipinski definition) is 3. The molecule has 4 heteroatoms. The third kappa shape index (κ3) is 2.18. The summed E-state index contributed by atoms with van der Waals surface area (Å²) in [5.41, 5.74) is 2.02. The number of rotatable bonds is 1. The first kappa shape index (κ1) is 11.8. The van der Waals surface area contributed by atoms with E-state index in [0.29, 0.717) is 0 Å². The van der Waals surface area contributed by atoms with Crippen molar-refractivity contribution >= 4 is 29.9 Å². The van der Waals surface area contributed by atoms with Crippen LogP contribution in [0.15, 0.2) is 40.6 Å². The minimum Gasteiger partial charge on any atom is -0.334 e. The van der Waals surface area contributed by atoms with Gasteiger partial charge >= 0.3 is 0 Å². The largest absolute Gasteiger partial charge is 0.334 e. The molecule has 1 aliphatic heterocycles. The van der Waals surface area contributed by atoms with Crippen molar-refractivity contribution in [3.05, 3.63) is 51.7 Å². The number of carbonyl (C=O) groups is 1. The van der Waals surface area contributed by atoms with Crippen LogP contribution in [0.3, 0.4) is 0 Å². The molecule has 0 atom stereocenters. The summed E-state index contributed by atoms with van der Waals surface area (Å²) in [6, 6.07) is 9.55. The molecular weight excluding hydrogens is 262 g/mol. The molecule has 0 saturated carbocycles.